The van der Waals surface area contributed by atoms with Gasteiger partial charge in [0.2, 0.25) is 0 Å². The predicted octanol–water partition coefficient (Wildman–Crippen LogP) is 3.65. The summed E-state index contributed by atoms with van der Waals surface area (Å²) in [4.78, 5) is 42.4. The summed E-state index contributed by atoms with van der Waals surface area (Å²) in [7, 11) is 0. The molecule has 11 heteroatoms. The van der Waals surface area contributed by atoms with Crippen LogP contribution in [-0.4, -0.2) is 50.9 Å². The lowest BCUT2D eigenvalue weighted by atomic mass is 10.2. The summed E-state index contributed by atoms with van der Waals surface area (Å²) in [5.41, 5.74) is 4.97. The molecule has 8 bridgehead atoms. The topological polar surface area (TPSA) is 162 Å². The SMILES string of the molecule is [C-]#[N+]C(=Cc1cc2[nH]c3ccc([nH]c4ccc(nc5ccc(nc1[nH]2)[nH]5)[nH]4)[nH]3)C(=O)O. The average Bonchev–Trinajstić information content (AvgIpc) is 3.51. The molecule has 152 valence electrons. The minimum absolute atomic E-state index is 0.387. The molecule has 5 rings (SSSR count). The van der Waals surface area contributed by atoms with E-state index in [9.17, 15) is 9.90 Å². The van der Waals surface area contributed by atoms with Crippen LogP contribution in [0.3, 0.4) is 0 Å². The molecular formula is C20H15N9O2. The number of nitrogens with one attached hydrogen (secondary N) is 6. The van der Waals surface area contributed by atoms with E-state index in [1.807, 2.05) is 24.3 Å². The highest BCUT2D eigenvalue weighted by Gasteiger charge is 2.09. The molecule has 0 amide bonds. The van der Waals surface area contributed by atoms with Gasteiger partial charge in [0.15, 0.2) is 0 Å². The van der Waals surface area contributed by atoms with Crippen LogP contribution >= 0.6 is 0 Å². The van der Waals surface area contributed by atoms with E-state index in [4.69, 9.17) is 6.57 Å². The molecule has 5 heterocycles. The van der Waals surface area contributed by atoms with Gasteiger partial charge in [0.1, 0.15) is 45.2 Å². The molecule has 0 spiro atoms. The van der Waals surface area contributed by atoms with Crippen molar-refractivity contribution in [2.45, 2.75) is 0 Å². The highest BCUT2D eigenvalue weighted by atomic mass is 16.4. The third-order valence-electron chi connectivity index (χ3n) is 4.48. The first-order valence-corrected chi connectivity index (χ1v) is 9.16. The molecule has 5 aromatic heterocycles. The number of nitrogens with zero attached hydrogens (tertiary/aromatic N) is 3. The second kappa shape index (κ2) is 7.12. The van der Waals surface area contributed by atoms with Crippen molar-refractivity contribution < 1.29 is 9.90 Å². The molecule has 0 unspecified atom stereocenters. The summed E-state index contributed by atoms with van der Waals surface area (Å²) in [5, 5.41) is 9.22. The number of carboxylic acid groups (broad SMARTS) is 1. The zero-order valence-electron chi connectivity index (χ0n) is 15.8. The molecule has 0 saturated heterocycles. The maximum atomic E-state index is 11.3. The van der Waals surface area contributed by atoms with E-state index < -0.39 is 11.7 Å². The van der Waals surface area contributed by atoms with Crippen LogP contribution in [0.15, 0.2) is 48.2 Å². The Morgan fingerprint density at radius 2 is 1.39 bits per heavy atom. The molecule has 7 N–H and O–H groups in total. The first kappa shape index (κ1) is 18.1. The van der Waals surface area contributed by atoms with Crippen LogP contribution < -0.4 is 0 Å². The number of hydrogen-bond acceptors (Lipinski definition) is 3. The molecule has 0 saturated carbocycles. The van der Waals surface area contributed by atoms with Gasteiger partial charge >= 0.3 is 5.97 Å². The van der Waals surface area contributed by atoms with Gasteiger partial charge in [-0.2, -0.15) is 0 Å². The minimum Gasteiger partial charge on any atom is -0.486 e. The lowest BCUT2D eigenvalue weighted by Crippen LogP contribution is -1.95. The Labute approximate surface area is 172 Å². The lowest BCUT2D eigenvalue weighted by molar-refractivity contribution is -0.132. The first-order chi connectivity index (χ1) is 15.1. The van der Waals surface area contributed by atoms with E-state index in [0.717, 1.165) is 11.3 Å². The Bertz CT molecular complexity index is 1640. The zero-order valence-corrected chi connectivity index (χ0v) is 15.8. The maximum Gasteiger partial charge on any atom is 0.333 e. The van der Waals surface area contributed by atoms with Gasteiger partial charge in [0, 0.05) is 5.56 Å². The normalized spacial score (nSPS) is 11.6. The van der Waals surface area contributed by atoms with Crippen LogP contribution in [0.1, 0.15) is 5.56 Å². The van der Waals surface area contributed by atoms with Gasteiger partial charge in [-0.25, -0.2) is 14.8 Å². The fourth-order valence-electron chi connectivity index (χ4n) is 3.12. The smallest absolute Gasteiger partial charge is 0.333 e. The van der Waals surface area contributed by atoms with Crippen molar-refractivity contribution in [3.63, 3.8) is 0 Å². The third-order valence-corrected chi connectivity index (χ3v) is 4.48. The highest BCUT2D eigenvalue weighted by Crippen LogP contribution is 2.16. The highest BCUT2D eigenvalue weighted by molar-refractivity contribution is 5.95. The van der Waals surface area contributed by atoms with E-state index in [1.54, 1.807) is 18.2 Å². The standard InChI is InChI=1S/C20H15N9O2/c1-21-11(20(30)31)8-10-9-18-27-16-5-4-14(25-16)23-12-2-3-13(22-12)24-15-6-7-17(26-15)28-19(10)29-18/h2-9,22-23,25,27,29H,(H,30,31)(H,24,26,28). The van der Waals surface area contributed by atoms with E-state index >= 15 is 0 Å². The number of aliphatic carboxylic acids is 1. The summed E-state index contributed by atoms with van der Waals surface area (Å²) >= 11 is 0. The first-order valence-electron chi connectivity index (χ1n) is 9.16. The predicted molar refractivity (Wildman–Crippen MR) is 116 cm³/mol. The van der Waals surface area contributed by atoms with Crippen LogP contribution in [0, 0.1) is 6.57 Å². The van der Waals surface area contributed by atoms with Gasteiger partial charge in [-0.1, -0.05) is 0 Å². The quantitative estimate of drug-likeness (QED) is 0.174. The number of rotatable bonds is 2. The van der Waals surface area contributed by atoms with Crippen molar-refractivity contribution in [3.8, 4) is 0 Å². The van der Waals surface area contributed by atoms with Crippen molar-refractivity contribution in [2.75, 3.05) is 0 Å². The molecule has 5 aromatic rings. The zero-order chi connectivity index (χ0) is 21.4. The Hall–Kier alpha value is -4.98. The Kier molecular flexibility index (Phi) is 4.15. The van der Waals surface area contributed by atoms with E-state index in [1.165, 1.54) is 6.08 Å². The maximum absolute atomic E-state index is 11.3. The lowest BCUT2D eigenvalue weighted by Gasteiger charge is -1.90. The fraction of sp³-hybridized carbons (Fsp3) is 0. The number of H-pyrrole nitrogens is 6. The van der Waals surface area contributed by atoms with Crippen molar-refractivity contribution in [1.29, 1.82) is 0 Å². The average molecular weight is 413 g/mol. The Morgan fingerprint density at radius 1 is 0.806 bits per heavy atom. The van der Waals surface area contributed by atoms with Crippen molar-refractivity contribution in [2.24, 2.45) is 0 Å². The monoisotopic (exact) mass is 413 g/mol. The van der Waals surface area contributed by atoms with Gasteiger partial charge in [-0.15, -0.1) is 0 Å². The van der Waals surface area contributed by atoms with E-state index in [2.05, 4.69) is 44.7 Å². The number of carbonyl (C=O) groups is 1. The van der Waals surface area contributed by atoms with Gasteiger partial charge in [-0.05, 0) is 48.5 Å². The summed E-state index contributed by atoms with van der Waals surface area (Å²) in [6.07, 6.45) is 1.28. The number of aromatic amines is 6. The summed E-state index contributed by atoms with van der Waals surface area (Å²) in [6.45, 7) is 7.11. The van der Waals surface area contributed by atoms with E-state index in [-0.39, 0.29) is 0 Å². The second-order valence-corrected chi connectivity index (χ2v) is 6.68. The van der Waals surface area contributed by atoms with Crippen molar-refractivity contribution >= 4 is 57.2 Å². The Morgan fingerprint density at radius 3 is 2.10 bits per heavy atom. The largest absolute Gasteiger partial charge is 0.486 e. The molecule has 0 aliphatic rings. The third kappa shape index (κ3) is 3.68. The number of fused-ring (bicyclic) bond motifs is 8. The second-order valence-electron chi connectivity index (χ2n) is 6.68. The van der Waals surface area contributed by atoms with Crippen LogP contribution in [0.2, 0.25) is 0 Å². The van der Waals surface area contributed by atoms with E-state index in [0.29, 0.717) is 39.4 Å². The molecule has 0 aromatic carbocycles. The van der Waals surface area contributed by atoms with Crippen molar-refractivity contribution in [3.05, 3.63) is 65.1 Å². The van der Waals surface area contributed by atoms with Gasteiger partial charge in [0.05, 0.1) is 6.57 Å². The number of carboxylic acids is 1. The van der Waals surface area contributed by atoms with Crippen LogP contribution in [0.4, 0.5) is 0 Å². The Balaban J connectivity index is 1.86. The summed E-state index contributed by atoms with van der Waals surface area (Å²) in [5.74, 6) is -1.30. The molecule has 0 aliphatic heterocycles. The molecule has 0 atom stereocenters. The van der Waals surface area contributed by atoms with Crippen LogP contribution in [0.25, 0.3) is 56.1 Å². The summed E-state index contributed by atoms with van der Waals surface area (Å²) < 4.78 is 0. The van der Waals surface area contributed by atoms with Crippen molar-refractivity contribution in [1.82, 2.24) is 39.9 Å². The van der Waals surface area contributed by atoms with Crippen LogP contribution in [0.5, 0.6) is 0 Å². The molecule has 11 nitrogen and oxygen atoms in total. The number of hydrogen-bond donors (Lipinski definition) is 7. The molecule has 31 heavy (non-hydrogen) atoms. The molecule has 0 fully saturated rings. The fourth-order valence-corrected chi connectivity index (χ4v) is 3.12. The van der Waals surface area contributed by atoms with Gasteiger partial charge in [-0.3, -0.25) is 4.79 Å². The van der Waals surface area contributed by atoms with Crippen LogP contribution in [-0.2, 0) is 4.79 Å². The molecule has 0 aliphatic carbocycles. The number of aromatic nitrogens is 8. The minimum atomic E-state index is -1.30. The summed E-state index contributed by atoms with van der Waals surface area (Å²) in [6, 6.07) is 12.7. The molecule has 0 radical (unpaired) electrons. The van der Waals surface area contributed by atoms with Gasteiger partial charge in [0.25, 0.3) is 5.70 Å². The van der Waals surface area contributed by atoms with Gasteiger partial charge < -0.3 is 35.0 Å². The molecular weight excluding hydrogens is 398 g/mol.